The molecule has 0 bridgehead atoms. The molecule has 1 atom stereocenters. The predicted octanol–water partition coefficient (Wildman–Crippen LogP) is 5.13. The van der Waals surface area contributed by atoms with E-state index in [2.05, 4.69) is 51.1 Å². The molecule has 0 aliphatic carbocycles. The lowest BCUT2D eigenvalue weighted by atomic mass is 9.99. The van der Waals surface area contributed by atoms with Gasteiger partial charge in [-0.2, -0.15) is 5.10 Å². The van der Waals surface area contributed by atoms with Gasteiger partial charge in [0.1, 0.15) is 6.33 Å². The van der Waals surface area contributed by atoms with E-state index in [0.717, 1.165) is 23.4 Å². The SMILES string of the molecule is S=c1n(-c2ccccc2)cnn1CN1CCc2sccc2[C@@H]1c1cccs1. The van der Waals surface area contributed by atoms with Crippen LogP contribution in [0.4, 0.5) is 0 Å². The summed E-state index contributed by atoms with van der Waals surface area (Å²) in [7, 11) is 0. The van der Waals surface area contributed by atoms with Crippen LogP contribution in [0.15, 0.2) is 65.6 Å². The summed E-state index contributed by atoms with van der Waals surface area (Å²) in [6.07, 6.45) is 2.90. The van der Waals surface area contributed by atoms with E-state index in [1.54, 1.807) is 0 Å². The first-order valence-electron chi connectivity index (χ1n) is 8.85. The van der Waals surface area contributed by atoms with E-state index >= 15 is 0 Å². The van der Waals surface area contributed by atoms with Crippen molar-refractivity contribution in [1.82, 2.24) is 19.2 Å². The summed E-state index contributed by atoms with van der Waals surface area (Å²) < 4.78 is 4.62. The van der Waals surface area contributed by atoms with E-state index in [1.807, 2.05) is 56.4 Å². The van der Waals surface area contributed by atoms with Gasteiger partial charge in [0.15, 0.2) is 0 Å². The third-order valence-corrected chi connectivity index (χ3v) is 7.29. The Balaban J connectivity index is 1.49. The van der Waals surface area contributed by atoms with E-state index in [-0.39, 0.29) is 6.04 Å². The van der Waals surface area contributed by atoms with Crippen LogP contribution in [0, 0.1) is 4.77 Å². The molecule has 4 nitrogen and oxygen atoms in total. The Morgan fingerprint density at radius 3 is 2.74 bits per heavy atom. The number of aromatic nitrogens is 3. The Labute approximate surface area is 170 Å². The van der Waals surface area contributed by atoms with Crippen LogP contribution >= 0.6 is 34.9 Å². The summed E-state index contributed by atoms with van der Waals surface area (Å²) in [4.78, 5) is 5.37. The summed E-state index contributed by atoms with van der Waals surface area (Å²) in [6.45, 7) is 1.70. The van der Waals surface area contributed by atoms with E-state index in [1.165, 1.54) is 15.3 Å². The molecule has 7 heteroatoms. The van der Waals surface area contributed by atoms with Gasteiger partial charge in [-0.3, -0.25) is 9.47 Å². The lowest BCUT2D eigenvalue weighted by Gasteiger charge is -2.35. The molecule has 4 aromatic rings. The molecule has 27 heavy (non-hydrogen) atoms. The second kappa shape index (κ2) is 7.16. The molecule has 0 radical (unpaired) electrons. The maximum atomic E-state index is 5.72. The molecular weight excluding hydrogens is 392 g/mol. The monoisotopic (exact) mass is 410 g/mol. The second-order valence-corrected chi connectivity index (χ2v) is 8.88. The minimum Gasteiger partial charge on any atom is -0.275 e. The Bertz CT molecular complexity index is 1090. The summed E-state index contributed by atoms with van der Waals surface area (Å²) in [5, 5.41) is 8.95. The van der Waals surface area contributed by atoms with Gasteiger partial charge < -0.3 is 0 Å². The molecule has 0 unspecified atom stereocenters. The van der Waals surface area contributed by atoms with Crippen LogP contribution in [-0.2, 0) is 13.1 Å². The second-order valence-electron chi connectivity index (χ2n) is 6.54. The maximum absolute atomic E-state index is 5.72. The fourth-order valence-corrected chi connectivity index (χ4v) is 5.71. The van der Waals surface area contributed by atoms with Gasteiger partial charge in [0.2, 0.25) is 4.77 Å². The first-order chi connectivity index (χ1) is 13.3. The van der Waals surface area contributed by atoms with E-state index in [0.29, 0.717) is 6.67 Å². The van der Waals surface area contributed by atoms with Gasteiger partial charge in [0.05, 0.1) is 12.7 Å². The summed E-state index contributed by atoms with van der Waals surface area (Å²) in [6, 6.07) is 17.1. The number of fused-ring (bicyclic) bond motifs is 1. The molecule has 136 valence electrons. The lowest BCUT2D eigenvalue weighted by molar-refractivity contribution is 0.158. The highest BCUT2D eigenvalue weighted by Gasteiger charge is 2.30. The van der Waals surface area contributed by atoms with Crippen molar-refractivity contribution in [2.75, 3.05) is 6.54 Å². The number of rotatable bonds is 4. The average molecular weight is 411 g/mol. The zero-order valence-electron chi connectivity index (χ0n) is 14.6. The first kappa shape index (κ1) is 17.1. The van der Waals surface area contributed by atoms with Crippen molar-refractivity contribution in [2.45, 2.75) is 19.1 Å². The molecule has 1 aliphatic heterocycles. The normalized spacial score (nSPS) is 17.1. The standard InChI is InChI=1S/C20H18N4S3/c25-20-23(15-5-2-1-3-6-15)13-21-24(20)14-22-10-8-17-16(9-12-27-17)19(22)18-7-4-11-26-18/h1-7,9,11-13,19H,8,10,14H2/t19-/m1/s1. The molecule has 0 saturated heterocycles. The van der Waals surface area contributed by atoms with Crippen molar-refractivity contribution < 1.29 is 0 Å². The van der Waals surface area contributed by atoms with Crippen molar-refractivity contribution in [3.63, 3.8) is 0 Å². The topological polar surface area (TPSA) is 26.0 Å². The molecule has 4 heterocycles. The number of thiophene rings is 2. The van der Waals surface area contributed by atoms with Crippen molar-refractivity contribution in [3.05, 3.63) is 85.7 Å². The van der Waals surface area contributed by atoms with Crippen LogP contribution in [-0.4, -0.2) is 25.8 Å². The van der Waals surface area contributed by atoms with Crippen LogP contribution in [0.2, 0.25) is 0 Å². The molecule has 0 amide bonds. The molecule has 0 saturated carbocycles. The van der Waals surface area contributed by atoms with Crippen molar-refractivity contribution >= 4 is 34.9 Å². The fourth-order valence-electron chi connectivity index (χ4n) is 3.67. The third kappa shape index (κ3) is 3.10. The fraction of sp³-hybridized carbons (Fsp3) is 0.200. The zero-order chi connectivity index (χ0) is 18.2. The van der Waals surface area contributed by atoms with Crippen LogP contribution in [0.1, 0.15) is 21.4 Å². The molecule has 3 aromatic heterocycles. The van der Waals surface area contributed by atoms with Gasteiger partial charge in [-0.15, -0.1) is 22.7 Å². The third-order valence-electron chi connectivity index (χ3n) is 4.96. The molecule has 0 spiro atoms. The Kier molecular flexibility index (Phi) is 4.53. The number of hydrogen-bond acceptors (Lipinski definition) is 5. The summed E-state index contributed by atoms with van der Waals surface area (Å²) in [5.41, 5.74) is 2.48. The van der Waals surface area contributed by atoms with E-state index in [4.69, 9.17) is 12.2 Å². The Morgan fingerprint density at radius 1 is 1.04 bits per heavy atom. The highest BCUT2D eigenvalue weighted by atomic mass is 32.1. The highest BCUT2D eigenvalue weighted by Crippen LogP contribution is 2.39. The van der Waals surface area contributed by atoms with Gasteiger partial charge >= 0.3 is 0 Å². The van der Waals surface area contributed by atoms with Gasteiger partial charge in [0, 0.05) is 22.0 Å². The molecule has 1 aliphatic rings. The smallest absolute Gasteiger partial charge is 0.203 e. The molecule has 1 aromatic carbocycles. The maximum Gasteiger partial charge on any atom is 0.203 e. The number of nitrogens with zero attached hydrogens (tertiary/aromatic N) is 4. The van der Waals surface area contributed by atoms with E-state index in [9.17, 15) is 0 Å². The number of para-hydroxylation sites is 1. The molecule has 0 fully saturated rings. The number of benzene rings is 1. The zero-order valence-corrected chi connectivity index (χ0v) is 17.0. The lowest BCUT2D eigenvalue weighted by Crippen LogP contribution is -2.36. The molecule has 0 N–H and O–H groups in total. The largest absolute Gasteiger partial charge is 0.275 e. The van der Waals surface area contributed by atoms with E-state index < -0.39 is 0 Å². The highest BCUT2D eigenvalue weighted by molar-refractivity contribution is 7.71. The van der Waals surface area contributed by atoms with Crippen molar-refractivity contribution in [3.8, 4) is 5.69 Å². The summed E-state index contributed by atoms with van der Waals surface area (Å²) >= 11 is 9.41. The van der Waals surface area contributed by atoms with Gasteiger partial charge in [0.25, 0.3) is 0 Å². The minimum atomic E-state index is 0.281. The van der Waals surface area contributed by atoms with Gasteiger partial charge in [-0.1, -0.05) is 24.3 Å². The van der Waals surface area contributed by atoms with Crippen molar-refractivity contribution in [1.29, 1.82) is 0 Å². The minimum absolute atomic E-state index is 0.281. The van der Waals surface area contributed by atoms with Crippen LogP contribution in [0.3, 0.4) is 0 Å². The van der Waals surface area contributed by atoms with Crippen molar-refractivity contribution in [2.24, 2.45) is 0 Å². The van der Waals surface area contributed by atoms with Gasteiger partial charge in [-0.05, 0) is 59.2 Å². The summed E-state index contributed by atoms with van der Waals surface area (Å²) in [5.74, 6) is 0. The first-order valence-corrected chi connectivity index (χ1v) is 11.0. The number of hydrogen-bond donors (Lipinski definition) is 0. The van der Waals surface area contributed by atoms with Gasteiger partial charge in [-0.25, -0.2) is 4.68 Å². The van der Waals surface area contributed by atoms with Crippen LogP contribution in [0.25, 0.3) is 5.69 Å². The Hall–Kier alpha value is -2.06. The quantitative estimate of drug-likeness (QED) is 0.436. The predicted molar refractivity (Wildman–Crippen MR) is 113 cm³/mol. The molecule has 5 rings (SSSR count). The Morgan fingerprint density at radius 2 is 1.93 bits per heavy atom. The average Bonchev–Trinajstić information content (AvgIpc) is 3.44. The van der Waals surface area contributed by atoms with Crippen LogP contribution in [0.5, 0.6) is 0 Å². The van der Waals surface area contributed by atoms with Crippen LogP contribution < -0.4 is 0 Å². The molecular formula is C20H18N4S3.